The fourth-order valence-corrected chi connectivity index (χ4v) is 6.98. The van der Waals surface area contributed by atoms with Crippen LogP contribution >= 0.6 is 27.3 Å². The lowest BCUT2D eigenvalue weighted by molar-refractivity contribution is -0.126. The molecule has 0 saturated carbocycles. The van der Waals surface area contributed by atoms with Crippen LogP contribution in [-0.2, 0) is 21.4 Å². The quantitative estimate of drug-likeness (QED) is 0.667. The van der Waals surface area contributed by atoms with E-state index in [1.165, 1.54) is 27.8 Å². The van der Waals surface area contributed by atoms with E-state index in [1.807, 2.05) is 6.92 Å². The van der Waals surface area contributed by atoms with Crippen molar-refractivity contribution in [3.8, 4) is 0 Å². The van der Waals surface area contributed by atoms with E-state index in [4.69, 9.17) is 0 Å². The zero-order valence-electron chi connectivity index (χ0n) is 15.4. The molecule has 9 heteroatoms. The van der Waals surface area contributed by atoms with Crippen LogP contribution in [-0.4, -0.2) is 31.7 Å². The SMILES string of the molecule is C[C@@H](C(=O)NCc1ccc(F)cc1)C1CCN(S(=O)(=O)c2ccc(Br)s2)CC1. The van der Waals surface area contributed by atoms with Crippen molar-refractivity contribution in [3.05, 3.63) is 51.6 Å². The normalized spacial score (nSPS) is 17.4. The molecule has 0 aliphatic carbocycles. The Morgan fingerprint density at radius 2 is 1.89 bits per heavy atom. The van der Waals surface area contributed by atoms with E-state index in [9.17, 15) is 17.6 Å². The molecular weight excluding hydrogens is 467 g/mol. The first-order valence-electron chi connectivity index (χ1n) is 9.05. The van der Waals surface area contributed by atoms with Gasteiger partial charge in [-0.3, -0.25) is 4.79 Å². The van der Waals surface area contributed by atoms with Crippen LogP contribution in [0.25, 0.3) is 0 Å². The largest absolute Gasteiger partial charge is 0.352 e. The first-order valence-corrected chi connectivity index (χ1v) is 12.1. The number of thiophene rings is 1. The predicted octanol–water partition coefficient (Wildman–Crippen LogP) is 4.00. The van der Waals surface area contributed by atoms with Gasteiger partial charge in [-0.25, -0.2) is 12.8 Å². The Kier molecular flexibility index (Phi) is 6.90. The molecule has 2 aromatic rings. The molecule has 152 valence electrons. The molecule has 1 fully saturated rings. The van der Waals surface area contributed by atoms with Crippen molar-refractivity contribution in [1.82, 2.24) is 9.62 Å². The van der Waals surface area contributed by atoms with Crippen molar-refractivity contribution in [2.24, 2.45) is 11.8 Å². The summed E-state index contributed by atoms with van der Waals surface area (Å²) in [5, 5.41) is 2.89. The zero-order chi connectivity index (χ0) is 20.3. The zero-order valence-corrected chi connectivity index (χ0v) is 18.6. The van der Waals surface area contributed by atoms with E-state index >= 15 is 0 Å². The minimum atomic E-state index is -3.47. The second-order valence-corrected chi connectivity index (χ2v) is 11.6. The molecule has 1 aromatic heterocycles. The van der Waals surface area contributed by atoms with Crippen molar-refractivity contribution in [1.29, 1.82) is 0 Å². The molecule has 1 aromatic carbocycles. The van der Waals surface area contributed by atoms with Crippen molar-refractivity contribution >= 4 is 43.2 Å². The van der Waals surface area contributed by atoms with Gasteiger partial charge in [0.15, 0.2) is 0 Å². The summed E-state index contributed by atoms with van der Waals surface area (Å²) in [6.07, 6.45) is 1.30. The van der Waals surface area contributed by atoms with Gasteiger partial charge in [-0.2, -0.15) is 4.31 Å². The van der Waals surface area contributed by atoms with E-state index in [1.54, 1.807) is 24.3 Å². The van der Waals surface area contributed by atoms with Crippen LogP contribution in [0.15, 0.2) is 44.4 Å². The van der Waals surface area contributed by atoms with Gasteiger partial charge in [0.05, 0.1) is 3.79 Å². The number of piperidine rings is 1. The van der Waals surface area contributed by atoms with Gasteiger partial charge in [0.25, 0.3) is 10.0 Å². The summed E-state index contributed by atoms with van der Waals surface area (Å²) in [4.78, 5) is 12.5. The molecule has 1 atom stereocenters. The minimum absolute atomic E-state index is 0.0622. The van der Waals surface area contributed by atoms with E-state index in [0.29, 0.717) is 36.7 Å². The predicted molar refractivity (Wildman–Crippen MR) is 111 cm³/mol. The maximum absolute atomic E-state index is 12.9. The Labute approximate surface area is 177 Å². The molecule has 0 bridgehead atoms. The van der Waals surface area contributed by atoms with Gasteiger partial charge in [-0.1, -0.05) is 19.1 Å². The maximum Gasteiger partial charge on any atom is 0.252 e. The number of carbonyl (C=O) groups is 1. The van der Waals surface area contributed by atoms with E-state index in [-0.39, 0.29) is 23.6 Å². The Morgan fingerprint density at radius 3 is 2.46 bits per heavy atom. The van der Waals surface area contributed by atoms with E-state index < -0.39 is 10.0 Å². The number of rotatable bonds is 6. The molecule has 1 amide bonds. The molecule has 0 spiro atoms. The molecule has 28 heavy (non-hydrogen) atoms. The number of nitrogens with zero attached hydrogens (tertiary/aromatic N) is 1. The van der Waals surface area contributed by atoms with Crippen molar-refractivity contribution in [2.45, 2.75) is 30.5 Å². The van der Waals surface area contributed by atoms with E-state index in [2.05, 4.69) is 21.2 Å². The van der Waals surface area contributed by atoms with Crippen molar-refractivity contribution in [2.75, 3.05) is 13.1 Å². The van der Waals surface area contributed by atoms with Crippen LogP contribution in [0.4, 0.5) is 4.39 Å². The Hall–Kier alpha value is -1.29. The fraction of sp³-hybridized carbons (Fsp3) is 0.421. The fourth-order valence-electron chi connectivity index (χ4n) is 3.35. The van der Waals surface area contributed by atoms with Gasteiger partial charge in [0, 0.05) is 25.6 Å². The molecule has 5 nitrogen and oxygen atoms in total. The standard InChI is InChI=1S/C19H22BrFN2O3S2/c1-13(19(24)22-12-14-2-4-16(21)5-3-14)15-8-10-23(11-9-15)28(25,26)18-7-6-17(20)27-18/h2-7,13,15H,8-12H2,1H3,(H,22,24)/t13-/m1/s1. The topological polar surface area (TPSA) is 66.5 Å². The summed E-state index contributed by atoms with van der Waals surface area (Å²) in [6.45, 7) is 3.06. The van der Waals surface area contributed by atoms with Crippen molar-refractivity contribution in [3.63, 3.8) is 0 Å². The molecule has 0 unspecified atom stereocenters. The second-order valence-electron chi connectivity index (χ2n) is 6.93. The number of amides is 1. The lowest BCUT2D eigenvalue weighted by Crippen LogP contribution is -2.42. The van der Waals surface area contributed by atoms with Gasteiger partial charge < -0.3 is 5.32 Å². The number of benzene rings is 1. The highest BCUT2D eigenvalue weighted by Crippen LogP contribution is 2.32. The lowest BCUT2D eigenvalue weighted by Gasteiger charge is -2.33. The number of hydrogen-bond donors (Lipinski definition) is 1. The number of sulfonamides is 1. The highest BCUT2D eigenvalue weighted by molar-refractivity contribution is 9.11. The summed E-state index contributed by atoms with van der Waals surface area (Å²) in [7, 11) is -3.47. The molecule has 2 heterocycles. The van der Waals surface area contributed by atoms with E-state index in [0.717, 1.165) is 9.35 Å². The van der Waals surface area contributed by atoms with Crippen LogP contribution in [0.5, 0.6) is 0 Å². The van der Waals surface area contributed by atoms with Crippen molar-refractivity contribution < 1.29 is 17.6 Å². The van der Waals surface area contributed by atoms with Crippen LogP contribution < -0.4 is 5.32 Å². The average Bonchev–Trinajstić information content (AvgIpc) is 3.14. The van der Waals surface area contributed by atoms with Gasteiger partial charge in [-0.15, -0.1) is 11.3 Å². The molecule has 1 N–H and O–H groups in total. The Bertz CT molecular complexity index is 923. The highest BCUT2D eigenvalue weighted by Gasteiger charge is 2.34. The molecule has 3 rings (SSSR count). The molecular formula is C19H22BrFN2O3S2. The number of carbonyl (C=O) groups excluding carboxylic acids is 1. The second kappa shape index (κ2) is 9.02. The van der Waals surface area contributed by atoms with Gasteiger partial charge in [0.1, 0.15) is 10.0 Å². The summed E-state index contributed by atoms with van der Waals surface area (Å²) in [5.41, 5.74) is 0.838. The summed E-state index contributed by atoms with van der Waals surface area (Å²) in [5.74, 6) is -0.441. The third-order valence-corrected chi connectivity index (χ3v) is 9.13. The van der Waals surface area contributed by atoms with Crippen LogP contribution in [0.3, 0.4) is 0 Å². The Morgan fingerprint density at radius 1 is 1.25 bits per heavy atom. The minimum Gasteiger partial charge on any atom is -0.352 e. The van der Waals surface area contributed by atoms with Gasteiger partial charge >= 0.3 is 0 Å². The molecule has 1 saturated heterocycles. The molecule has 1 aliphatic heterocycles. The lowest BCUT2D eigenvalue weighted by atomic mass is 9.85. The highest BCUT2D eigenvalue weighted by atomic mass is 79.9. The third-order valence-electron chi connectivity index (χ3n) is 5.14. The molecule has 0 radical (unpaired) electrons. The monoisotopic (exact) mass is 488 g/mol. The van der Waals surface area contributed by atoms with Crippen LogP contribution in [0, 0.1) is 17.7 Å². The number of nitrogens with one attached hydrogen (secondary N) is 1. The maximum atomic E-state index is 12.9. The first kappa shape index (κ1) is 21.4. The van der Waals surface area contributed by atoms with Gasteiger partial charge in [-0.05, 0) is 64.5 Å². The van der Waals surface area contributed by atoms with Gasteiger partial charge in [0.2, 0.25) is 5.91 Å². The summed E-state index contributed by atoms with van der Waals surface area (Å²) < 4.78 is 41.0. The summed E-state index contributed by atoms with van der Waals surface area (Å²) >= 11 is 4.51. The smallest absolute Gasteiger partial charge is 0.252 e. The number of hydrogen-bond acceptors (Lipinski definition) is 4. The molecule has 1 aliphatic rings. The third kappa shape index (κ3) is 5.00. The number of halogens is 2. The Balaban J connectivity index is 1.52. The average molecular weight is 489 g/mol. The summed E-state index contributed by atoms with van der Waals surface area (Å²) in [6, 6.07) is 9.37. The van der Waals surface area contributed by atoms with Crippen LogP contribution in [0.2, 0.25) is 0 Å². The first-order chi connectivity index (χ1) is 13.3. The van der Waals surface area contributed by atoms with Crippen LogP contribution in [0.1, 0.15) is 25.3 Å².